The van der Waals surface area contributed by atoms with Gasteiger partial charge in [0, 0.05) is 43.1 Å². The summed E-state index contributed by atoms with van der Waals surface area (Å²) >= 11 is 0. The molecule has 1 saturated heterocycles. The van der Waals surface area contributed by atoms with Gasteiger partial charge >= 0.3 is 5.97 Å². The molecule has 1 heterocycles. The van der Waals surface area contributed by atoms with Gasteiger partial charge in [0.25, 0.3) is 11.6 Å². The molecule has 0 unspecified atom stereocenters. The van der Waals surface area contributed by atoms with Crippen molar-refractivity contribution in [2.75, 3.05) is 56.7 Å². The summed E-state index contributed by atoms with van der Waals surface area (Å²) in [6.45, 7) is 1.80. The number of hydrogen-bond acceptors (Lipinski definition) is 10. The van der Waals surface area contributed by atoms with Crippen LogP contribution in [0.4, 0.5) is 17.1 Å². The standard InChI is InChI=1S/C22H26N4O9S/c1-15-2-3-16(12-20(15)36(32,33)25-7-10-34-11-8-25)24-21(28)14-35-22(29)18-13-17(26(30)31)4-5-19(18)23-6-9-27/h2-5,12-13,23,27H,6-11,14H2,1H3,(H,24,28). The Morgan fingerprint density at radius 3 is 2.58 bits per heavy atom. The van der Waals surface area contributed by atoms with Crippen molar-refractivity contribution < 1.29 is 37.5 Å². The summed E-state index contributed by atoms with van der Waals surface area (Å²) < 4.78 is 37.6. The summed E-state index contributed by atoms with van der Waals surface area (Å²) in [4.78, 5) is 35.4. The third-order valence-electron chi connectivity index (χ3n) is 5.26. The molecule has 2 aromatic rings. The molecular formula is C22H26N4O9S. The minimum Gasteiger partial charge on any atom is -0.452 e. The predicted molar refractivity (Wildman–Crippen MR) is 128 cm³/mol. The average Bonchev–Trinajstić information content (AvgIpc) is 2.87. The molecule has 0 radical (unpaired) electrons. The molecule has 0 aromatic heterocycles. The molecule has 0 aliphatic carbocycles. The van der Waals surface area contributed by atoms with E-state index in [9.17, 15) is 28.1 Å². The third-order valence-corrected chi connectivity index (χ3v) is 7.30. The summed E-state index contributed by atoms with van der Waals surface area (Å²) in [5.41, 5.74) is 0.347. The molecule has 3 rings (SSSR count). The Hall–Kier alpha value is -3.59. The van der Waals surface area contributed by atoms with E-state index in [0.717, 1.165) is 6.07 Å². The molecule has 0 atom stereocenters. The minimum atomic E-state index is -3.80. The Morgan fingerprint density at radius 2 is 1.92 bits per heavy atom. The summed E-state index contributed by atoms with van der Waals surface area (Å²) in [6, 6.07) is 7.89. The van der Waals surface area contributed by atoms with Gasteiger partial charge in [-0.25, -0.2) is 13.2 Å². The monoisotopic (exact) mass is 522 g/mol. The van der Waals surface area contributed by atoms with Crippen molar-refractivity contribution >= 4 is 39.0 Å². The van der Waals surface area contributed by atoms with Gasteiger partial charge in [0.15, 0.2) is 6.61 Å². The number of hydrogen-bond donors (Lipinski definition) is 3. The van der Waals surface area contributed by atoms with Crippen molar-refractivity contribution in [2.24, 2.45) is 0 Å². The molecule has 14 heteroatoms. The normalized spacial score (nSPS) is 14.2. The maximum atomic E-state index is 13.0. The number of aryl methyl sites for hydroxylation is 1. The van der Waals surface area contributed by atoms with Gasteiger partial charge in [-0.3, -0.25) is 14.9 Å². The van der Waals surface area contributed by atoms with E-state index in [1.165, 1.54) is 28.6 Å². The first-order valence-electron chi connectivity index (χ1n) is 10.9. The molecular weight excluding hydrogens is 496 g/mol. The number of sulfonamides is 1. The fraction of sp³-hybridized carbons (Fsp3) is 0.364. The van der Waals surface area contributed by atoms with Crippen molar-refractivity contribution in [3.8, 4) is 0 Å². The lowest BCUT2D eigenvalue weighted by Gasteiger charge is -2.26. The summed E-state index contributed by atoms with van der Waals surface area (Å²) in [5.74, 6) is -1.73. The van der Waals surface area contributed by atoms with E-state index >= 15 is 0 Å². The highest BCUT2D eigenvalue weighted by atomic mass is 32.2. The molecule has 13 nitrogen and oxygen atoms in total. The van der Waals surface area contributed by atoms with E-state index in [1.54, 1.807) is 13.0 Å². The number of carbonyl (C=O) groups excluding carboxylic acids is 2. The van der Waals surface area contributed by atoms with Crippen LogP contribution in [0.3, 0.4) is 0 Å². The van der Waals surface area contributed by atoms with Crippen LogP contribution in [0.5, 0.6) is 0 Å². The highest BCUT2D eigenvalue weighted by Crippen LogP contribution is 2.25. The van der Waals surface area contributed by atoms with Crippen LogP contribution in [0.15, 0.2) is 41.3 Å². The van der Waals surface area contributed by atoms with Crippen molar-refractivity contribution in [1.82, 2.24) is 4.31 Å². The lowest BCUT2D eigenvalue weighted by atomic mass is 10.1. The number of non-ortho nitro benzene ring substituents is 1. The van der Waals surface area contributed by atoms with Crippen LogP contribution in [0.25, 0.3) is 0 Å². The lowest BCUT2D eigenvalue weighted by Crippen LogP contribution is -2.40. The molecule has 0 spiro atoms. The fourth-order valence-electron chi connectivity index (χ4n) is 3.45. The van der Waals surface area contributed by atoms with Crippen LogP contribution in [0, 0.1) is 17.0 Å². The third kappa shape index (κ3) is 6.54. The first kappa shape index (κ1) is 27.0. The Labute approximate surface area is 207 Å². The number of amides is 1. The number of morpholine rings is 1. The van der Waals surface area contributed by atoms with Gasteiger partial charge in [-0.1, -0.05) is 6.07 Å². The number of rotatable bonds is 10. The second kappa shape index (κ2) is 11.9. The van der Waals surface area contributed by atoms with Crippen molar-refractivity contribution in [3.63, 3.8) is 0 Å². The predicted octanol–water partition coefficient (Wildman–Crippen LogP) is 1.12. The maximum absolute atomic E-state index is 13.0. The molecule has 3 N–H and O–H groups in total. The molecule has 1 aliphatic heterocycles. The SMILES string of the molecule is Cc1ccc(NC(=O)COC(=O)c2cc([N+](=O)[O-])ccc2NCCO)cc1S(=O)(=O)N1CCOCC1. The van der Waals surface area contributed by atoms with Gasteiger partial charge in [0.2, 0.25) is 10.0 Å². The Kier molecular flexibility index (Phi) is 8.93. The van der Waals surface area contributed by atoms with Crippen LogP contribution in [-0.2, 0) is 24.3 Å². The number of nitrogens with zero attached hydrogens (tertiary/aromatic N) is 2. The molecule has 194 valence electrons. The summed E-state index contributed by atoms with van der Waals surface area (Å²) in [5, 5.41) is 25.3. The molecule has 0 saturated carbocycles. The Balaban J connectivity index is 1.69. The first-order chi connectivity index (χ1) is 17.1. The van der Waals surface area contributed by atoms with E-state index in [0.29, 0.717) is 18.8 Å². The van der Waals surface area contributed by atoms with Crippen LogP contribution in [0.2, 0.25) is 0 Å². The molecule has 1 aliphatic rings. The van der Waals surface area contributed by atoms with Gasteiger partial charge in [0.1, 0.15) is 0 Å². The number of aliphatic hydroxyl groups excluding tert-OH is 1. The van der Waals surface area contributed by atoms with Crippen LogP contribution in [0.1, 0.15) is 15.9 Å². The number of carbonyl (C=O) groups is 2. The van der Waals surface area contributed by atoms with E-state index in [4.69, 9.17) is 14.6 Å². The van der Waals surface area contributed by atoms with Crippen molar-refractivity contribution in [1.29, 1.82) is 0 Å². The minimum absolute atomic E-state index is 0.0374. The largest absolute Gasteiger partial charge is 0.452 e. The van der Waals surface area contributed by atoms with Gasteiger partial charge in [-0.15, -0.1) is 0 Å². The summed E-state index contributed by atoms with van der Waals surface area (Å²) in [6.07, 6.45) is 0. The second-order valence-corrected chi connectivity index (χ2v) is 9.66. The van der Waals surface area contributed by atoms with E-state index < -0.39 is 33.4 Å². The topological polar surface area (TPSA) is 177 Å². The van der Waals surface area contributed by atoms with Gasteiger partial charge < -0.3 is 25.2 Å². The van der Waals surface area contributed by atoms with Gasteiger partial charge in [0.05, 0.1) is 35.2 Å². The molecule has 0 bridgehead atoms. The number of nitro benzene ring substituents is 1. The molecule has 1 amide bonds. The lowest BCUT2D eigenvalue weighted by molar-refractivity contribution is -0.384. The Morgan fingerprint density at radius 1 is 1.19 bits per heavy atom. The Bertz CT molecular complexity index is 1240. The number of nitro groups is 1. The number of benzene rings is 2. The number of ether oxygens (including phenoxy) is 2. The highest BCUT2D eigenvalue weighted by Gasteiger charge is 2.28. The van der Waals surface area contributed by atoms with E-state index in [1.807, 2.05) is 0 Å². The van der Waals surface area contributed by atoms with Crippen molar-refractivity contribution in [3.05, 3.63) is 57.6 Å². The number of esters is 1. The number of nitrogens with one attached hydrogen (secondary N) is 2. The van der Waals surface area contributed by atoms with Gasteiger partial charge in [-0.05, 0) is 30.7 Å². The zero-order valence-electron chi connectivity index (χ0n) is 19.4. The second-order valence-electron chi connectivity index (χ2n) is 7.76. The maximum Gasteiger partial charge on any atom is 0.341 e. The van der Waals surface area contributed by atoms with Crippen LogP contribution < -0.4 is 10.6 Å². The van der Waals surface area contributed by atoms with Gasteiger partial charge in [-0.2, -0.15) is 4.31 Å². The van der Waals surface area contributed by atoms with E-state index in [2.05, 4.69) is 10.6 Å². The molecule has 1 fully saturated rings. The number of anilines is 2. The van der Waals surface area contributed by atoms with Crippen LogP contribution in [-0.4, -0.2) is 80.7 Å². The number of aliphatic hydroxyl groups is 1. The van der Waals surface area contributed by atoms with E-state index in [-0.39, 0.29) is 53.8 Å². The fourth-order valence-corrected chi connectivity index (χ4v) is 5.11. The molecule has 2 aromatic carbocycles. The average molecular weight is 523 g/mol. The summed E-state index contributed by atoms with van der Waals surface area (Å²) in [7, 11) is -3.80. The molecule has 36 heavy (non-hydrogen) atoms. The zero-order chi connectivity index (χ0) is 26.3. The van der Waals surface area contributed by atoms with Crippen LogP contribution >= 0.6 is 0 Å². The highest BCUT2D eigenvalue weighted by molar-refractivity contribution is 7.89. The zero-order valence-corrected chi connectivity index (χ0v) is 20.2. The van der Waals surface area contributed by atoms with Crippen molar-refractivity contribution in [2.45, 2.75) is 11.8 Å². The quantitative estimate of drug-likeness (QED) is 0.233. The smallest absolute Gasteiger partial charge is 0.341 e. The first-order valence-corrected chi connectivity index (χ1v) is 12.4.